The molecule has 2 aromatic rings. The van der Waals surface area contributed by atoms with E-state index in [0.717, 1.165) is 11.1 Å². The fourth-order valence-electron chi connectivity index (χ4n) is 1.53. The van der Waals surface area contributed by atoms with Crippen molar-refractivity contribution in [2.75, 3.05) is 5.73 Å². The van der Waals surface area contributed by atoms with E-state index in [4.69, 9.17) is 33.7 Å². The Bertz CT molecular complexity index is 570. The Morgan fingerprint density at radius 3 is 2.67 bits per heavy atom. The lowest BCUT2D eigenvalue weighted by Gasteiger charge is -2.10. The summed E-state index contributed by atoms with van der Waals surface area (Å²) >= 11 is 12.0. The topological polar surface area (TPSA) is 35.2 Å². The number of hydrogen-bond donors (Lipinski definition) is 1. The van der Waals surface area contributed by atoms with Crippen LogP contribution in [-0.4, -0.2) is 0 Å². The van der Waals surface area contributed by atoms with Crippen molar-refractivity contribution in [2.45, 2.75) is 13.5 Å². The van der Waals surface area contributed by atoms with E-state index in [9.17, 15) is 0 Å². The van der Waals surface area contributed by atoms with E-state index in [2.05, 4.69) is 0 Å². The van der Waals surface area contributed by atoms with E-state index in [-0.39, 0.29) is 0 Å². The normalized spacial score (nSPS) is 10.4. The van der Waals surface area contributed by atoms with Crippen LogP contribution in [-0.2, 0) is 6.61 Å². The lowest BCUT2D eigenvalue weighted by Crippen LogP contribution is -1.98. The maximum Gasteiger partial charge on any atom is 0.121 e. The Morgan fingerprint density at radius 2 is 1.94 bits per heavy atom. The highest BCUT2D eigenvalue weighted by atomic mass is 35.5. The lowest BCUT2D eigenvalue weighted by molar-refractivity contribution is 0.306. The molecule has 0 aliphatic rings. The molecule has 18 heavy (non-hydrogen) atoms. The van der Waals surface area contributed by atoms with Crippen LogP contribution >= 0.6 is 23.2 Å². The molecule has 0 spiro atoms. The molecule has 0 saturated heterocycles. The maximum absolute atomic E-state index is 6.08. The number of hydrogen-bond acceptors (Lipinski definition) is 2. The first-order valence-corrected chi connectivity index (χ1v) is 6.25. The van der Waals surface area contributed by atoms with Gasteiger partial charge in [-0.2, -0.15) is 0 Å². The molecule has 0 heterocycles. The van der Waals surface area contributed by atoms with Gasteiger partial charge in [0.1, 0.15) is 12.4 Å². The molecule has 0 saturated carbocycles. The second-order valence-electron chi connectivity index (χ2n) is 4.02. The van der Waals surface area contributed by atoms with Crippen LogP contribution in [0.5, 0.6) is 5.75 Å². The van der Waals surface area contributed by atoms with Gasteiger partial charge in [0.2, 0.25) is 0 Å². The lowest BCUT2D eigenvalue weighted by atomic mass is 10.2. The summed E-state index contributed by atoms with van der Waals surface area (Å²) in [5.74, 6) is 0.717. The zero-order valence-corrected chi connectivity index (χ0v) is 11.4. The van der Waals surface area contributed by atoms with E-state index in [0.29, 0.717) is 28.1 Å². The van der Waals surface area contributed by atoms with E-state index in [1.165, 1.54) is 0 Å². The molecule has 2 aromatic carbocycles. The minimum absolute atomic E-state index is 0.363. The van der Waals surface area contributed by atoms with Crippen LogP contribution in [0, 0.1) is 6.92 Å². The molecular formula is C14H13Cl2NO. The predicted molar refractivity (Wildman–Crippen MR) is 76.4 cm³/mol. The first-order valence-electron chi connectivity index (χ1n) is 5.50. The van der Waals surface area contributed by atoms with Crippen LogP contribution in [0.3, 0.4) is 0 Å². The van der Waals surface area contributed by atoms with E-state index >= 15 is 0 Å². The Kier molecular flexibility index (Phi) is 4.00. The van der Waals surface area contributed by atoms with Crippen LogP contribution in [0.25, 0.3) is 0 Å². The van der Waals surface area contributed by atoms with Crippen molar-refractivity contribution in [3.63, 3.8) is 0 Å². The SMILES string of the molecule is Cc1ccc(OCc2cccc(Cl)c2Cl)cc1N. The molecule has 0 unspecified atom stereocenters. The molecule has 2 N–H and O–H groups in total. The van der Waals surface area contributed by atoms with E-state index in [1.807, 2.05) is 31.2 Å². The summed E-state index contributed by atoms with van der Waals surface area (Å²) in [6.45, 7) is 2.31. The van der Waals surface area contributed by atoms with Crippen molar-refractivity contribution < 1.29 is 4.74 Å². The van der Waals surface area contributed by atoms with Crippen molar-refractivity contribution in [1.82, 2.24) is 0 Å². The molecule has 2 rings (SSSR count). The van der Waals surface area contributed by atoms with Gasteiger partial charge < -0.3 is 10.5 Å². The summed E-state index contributed by atoms with van der Waals surface area (Å²) in [5.41, 5.74) is 8.41. The minimum Gasteiger partial charge on any atom is -0.489 e. The predicted octanol–water partition coefficient (Wildman–Crippen LogP) is 4.46. The Morgan fingerprint density at radius 1 is 1.17 bits per heavy atom. The number of aryl methyl sites for hydroxylation is 1. The van der Waals surface area contributed by atoms with Crippen molar-refractivity contribution in [1.29, 1.82) is 0 Å². The Balaban J connectivity index is 2.11. The third kappa shape index (κ3) is 2.89. The first-order chi connectivity index (χ1) is 8.58. The Labute approximate surface area is 116 Å². The average molecular weight is 282 g/mol. The first kappa shape index (κ1) is 13.1. The van der Waals surface area contributed by atoms with Gasteiger partial charge in [-0.1, -0.05) is 41.4 Å². The third-order valence-electron chi connectivity index (χ3n) is 2.68. The number of halogens is 2. The summed E-state index contributed by atoms with van der Waals surface area (Å²) in [4.78, 5) is 0. The van der Waals surface area contributed by atoms with Crippen molar-refractivity contribution >= 4 is 28.9 Å². The third-order valence-corrected chi connectivity index (χ3v) is 3.53. The highest BCUT2D eigenvalue weighted by Gasteiger charge is 2.05. The average Bonchev–Trinajstić information content (AvgIpc) is 2.35. The van der Waals surface area contributed by atoms with Crippen LogP contribution in [0.4, 0.5) is 5.69 Å². The molecule has 0 radical (unpaired) electrons. The smallest absolute Gasteiger partial charge is 0.121 e. The summed E-state index contributed by atoms with van der Waals surface area (Å²) in [7, 11) is 0. The van der Waals surface area contributed by atoms with E-state index in [1.54, 1.807) is 12.1 Å². The van der Waals surface area contributed by atoms with Crippen LogP contribution in [0.1, 0.15) is 11.1 Å². The zero-order valence-electron chi connectivity index (χ0n) is 9.91. The molecule has 0 amide bonds. The summed E-state index contributed by atoms with van der Waals surface area (Å²) < 4.78 is 5.64. The number of nitrogens with two attached hydrogens (primary N) is 1. The Hall–Kier alpha value is -1.38. The van der Waals surface area contributed by atoms with Gasteiger partial charge in [0.05, 0.1) is 10.0 Å². The molecule has 0 aliphatic carbocycles. The second kappa shape index (κ2) is 5.51. The molecule has 0 fully saturated rings. The largest absolute Gasteiger partial charge is 0.489 e. The molecule has 0 aromatic heterocycles. The molecule has 0 aliphatic heterocycles. The van der Waals surface area contributed by atoms with Crippen LogP contribution in [0.15, 0.2) is 36.4 Å². The number of anilines is 1. The maximum atomic E-state index is 6.08. The van der Waals surface area contributed by atoms with Crippen molar-refractivity contribution in [3.8, 4) is 5.75 Å². The number of ether oxygens (including phenoxy) is 1. The van der Waals surface area contributed by atoms with Gasteiger partial charge in [0.15, 0.2) is 0 Å². The fraction of sp³-hybridized carbons (Fsp3) is 0.143. The quantitative estimate of drug-likeness (QED) is 0.843. The summed E-state index contributed by atoms with van der Waals surface area (Å²) in [5, 5.41) is 1.06. The van der Waals surface area contributed by atoms with E-state index < -0.39 is 0 Å². The van der Waals surface area contributed by atoms with Gasteiger partial charge in [0.25, 0.3) is 0 Å². The highest BCUT2D eigenvalue weighted by Crippen LogP contribution is 2.27. The van der Waals surface area contributed by atoms with Gasteiger partial charge in [0, 0.05) is 17.3 Å². The van der Waals surface area contributed by atoms with Gasteiger partial charge in [-0.25, -0.2) is 0 Å². The minimum atomic E-state index is 0.363. The van der Waals surface area contributed by atoms with Crippen LogP contribution in [0.2, 0.25) is 10.0 Å². The molecule has 0 atom stereocenters. The summed E-state index contributed by atoms with van der Waals surface area (Å²) in [6.07, 6.45) is 0. The molecule has 4 heteroatoms. The van der Waals surface area contributed by atoms with Crippen molar-refractivity contribution in [3.05, 3.63) is 57.6 Å². The number of nitrogen functional groups attached to an aromatic ring is 1. The van der Waals surface area contributed by atoms with Gasteiger partial charge in [-0.05, 0) is 24.6 Å². The fourth-order valence-corrected chi connectivity index (χ4v) is 1.90. The van der Waals surface area contributed by atoms with Gasteiger partial charge in [-0.15, -0.1) is 0 Å². The molecular weight excluding hydrogens is 269 g/mol. The van der Waals surface area contributed by atoms with Crippen molar-refractivity contribution in [2.24, 2.45) is 0 Å². The number of rotatable bonds is 3. The summed E-state index contributed by atoms with van der Waals surface area (Å²) in [6, 6.07) is 11.1. The standard InChI is InChI=1S/C14H13Cl2NO/c1-9-5-6-11(7-13(9)17)18-8-10-3-2-4-12(15)14(10)16/h2-7H,8,17H2,1H3. The second-order valence-corrected chi connectivity index (χ2v) is 4.81. The number of benzene rings is 2. The zero-order chi connectivity index (χ0) is 13.1. The van der Waals surface area contributed by atoms with Crippen LogP contribution < -0.4 is 10.5 Å². The molecule has 94 valence electrons. The molecule has 0 bridgehead atoms. The molecule has 2 nitrogen and oxygen atoms in total. The van der Waals surface area contributed by atoms with Gasteiger partial charge >= 0.3 is 0 Å². The highest BCUT2D eigenvalue weighted by molar-refractivity contribution is 6.42. The monoisotopic (exact) mass is 281 g/mol. The van der Waals surface area contributed by atoms with Gasteiger partial charge in [-0.3, -0.25) is 0 Å².